The molecule has 3 N–H and O–H groups in total. The molecule has 0 bridgehead atoms. The number of nitrogens with one attached hydrogen (secondary N) is 2. The Kier molecular flexibility index (Phi) is 8.99. The normalized spacial score (nSPS) is 21.7. The van der Waals surface area contributed by atoms with Crippen LogP contribution in [0.1, 0.15) is 71.8 Å². The summed E-state index contributed by atoms with van der Waals surface area (Å²) in [7, 11) is 2.22. The summed E-state index contributed by atoms with van der Waals surface area (Å²) in [6.07, 6.45) is 5.17. The molecule has 4 aromatic rings. The van der Waals surface area contributed by atoms with Crippen molar-refractivity contribution in [3.63, 3.8) is 0 Å². The van der Waals surface area contributed by atoms with Crippen molar-refractivity contribution >= 4 is 23.2 Å². The van der Waals surface area contributed by atoms with Crippen LogP contribution in [0.3, 0.4) is 0 Å². The van der Waals surface area contributed by atoms with E-state index in [4.69, 9.17) is 0 Å². The standard InChI is InChI=1S/C40H44N4O3/c1-43(26-27-7-12-31(13-8-27)41-37-19-20-38(46)42-40(37)47)32-21-23-44(24-22-32)33-14-9-29(10-15-33)39-35(28-5-3-2-4-6-28)17-11-30-25-34(45)16-18-36(30)39/h2-10,12-16,18,25,32,35,37,39,41,45H,11,17,19-24,26H2,1H3,(H,42,46,47). The van der Waals surface area contributed by atoms with Crippen LogP contribution in [-0.2, 0) is 22.6 Å². The Morgan fingerprint density at radius 3 is 2.30 bits per heavy atom. The average Bonchev–Trinajstić information content (AvgIpc) is 3.10. The molecule has 47 heavy (non-hydrogen) atoms. The minimum atomic E-state index is -0.367. The molecule has 2 heterocycles. The maximum Gasteiger partial charge on any atom is 0.249 e. The van der Waals surface area contributed by atoms with Gasteiger partial charge in [0.1, 0.15) is 11.8 Å². The predicted octanol–water partition coefficient (Wildman–Crippen LogP) is 6.57. The Labute approximate surface area is 277 Å². The van der Waals surface area contributed by atoms with Crippen molar-refractivity contribution in [3.8, 4) is 5.75 Å². The van der Waals surface area contributed by atoms with E-state index >= 15 is 0 Å². The van der Waals surface area contributed by atoms with Gasteiger partial charge in [0.15, 0.2) is 0 Å². The zero-order chi connectivity index (χ0) is 32.3. The Morgan fingerprint density at radius 1 is 0.830 bits per heavy atom. The third-order valence-electron chi connectivity index (χ3n) is 10.5. The number of rotatable bonds is 8. The van der Waals surface area contributed by atoms with Gasteiger partial charge in [-0.1, -0.05) is 60.7 Å². The van der Waals surface area contributed by atoms with Gasteiger partial charge in [0.25, 0.3) is 0 Å². The van der Waals surface area contributed by atoms with Crippen LogP contribution < -0.4 is 15.5 Å². The molecule has 7 rings (SSSR count). The number of amides is 2. The molecule has 2 amide bonds. The van der Waals surface area contributed by atoms with Gasteiger partial charge in [0, 0.05) is 49.4 Å². The van der Waals surface area contributed by atoms with Crippen LogP contribution in [0, 0.1) is 0 Å². The maximum absolute atomic E-state index is 12.1. The smallest absolute Gasteiger partial charge is 0.249 e. The second-order valence-corrected chi connectivity index (χ2v) is 13.5. The van der Waals surface area contributed by atoms with Crippen molar-refractivity contribution in [1.82, 2.24) is 10.2 Å². The second-order valence-electron chi connectivity index (χ2n) is 13.5. The van der Waals surface area contributed by atoms with Crippen LogP contribution in [0.15, 0.2) is 97.1 Å². The van der Waals surface area contributed by atoms with Gasteiger partial charge >= 0.3 is 0 Å². The van der Waals surface area contributed by atoms with Crippen molar-refractivity contribution in [2.24, 2.45) is 0 Å². The zero-order valence-corrected chi connectivity index (χ0v) is 27.1. The minimum Gasteiger partial charge on any atom is -0.508 e. The van der Waals surface area contributed by atoms with Gasteiger partial charge in [-0.25, -0.2) is 0 Å². The van der Waals surface area contributed by atoms with Crippen LogP contribution in [0.2, 0.25) is 0 Å². The predicted molar refractivity (Wildman–Crippen MR) is 187 cm³/mol. The third kappa shape index (κ3) is 6.91. The van der Waals surface area contributed by atoms with Crippen LogP contribution in [0.4, 0.5) is 11.4 Å². The fourth-order valence-electron chi connectivity index (χ4n) is 7.89. The van der Waals surface area contributed by atoms with Crippen molar-refractivity contribution in [2.75, 3.05) is 30.4 Å². The molecule has 3 unspecified atom stereocenters. The van der Waals surface area contributed by atoms with E-state index in [2.05, 4.69) is 100 Å². The Hall–Kier alpha value is -4.62. The highest BCUT2D eigenvalue weighted by molar-refractivity contribution is 6.01. The fourth-order valence-corrected chi connectivity index (χ4v) is 7.89. The van der Waals surface area contributed by atoms with E-state index < -0.39 is 0 Å². The lowest BCUT2D eigenvalue weighted by Gasteiger charge is -2.38. The van der Waals surface area contributed by atoms with E-state index in [0.717, 1.165) is 51.0 Å². The minimum absolute atomic E-state index is 0.198. The van der Waals surface area contributed by atoms with Crippen LogP contribution in [0.25, 0.3) is 0 Å². The average molecular weight is 629 g/mol. The number of hydrogen-bond acceptors (Lipinski definition) is 6. The molecule has 0 aromatic heterocycles. The number of phenolic OH excluding ortho intramolecular Hbond substituents is 1. The molecule has 0 spiro atoms. The van der Waals surface area contributed by atoms with Gasteiger partial charge in [-0.05, 0) is 109 Å². The highest BCUT2D eigenvalue weighted by Crippen LogP contribution is 2.47. The molecule has 7 nitrogen and oxygen atoms in total. The first-order valence-electron chi connectivity index (χ1n) is 17.0. The number of anilines is 2. The molecular formula is C40H44N4O3. The topological polar surface area (TPSA) is 84.9 Å². The number of piperidine rings is 2. The lowest BCUT2D eigenvalue weighted by molar-refractivity contribution is -0.133. The van der Waals surface area contributed by atoms with E-state index in [0.29, 0.717) is 30.6 Å². The first kappa shape index (κ1) is 31.0. The van der Waals surface area contributed by atoms with Gasteiger partial charge in [0.05, 0.1) is 0 Å². The van der Waals surface area contributed by atoms with E-state index in [-0.39, 0.29) is 23.8 Å². The quantitative estimate of drug-likeness (QED) is 0.192. The molecule has 3 aliphatic rings. The molecule has 4 aromatic carbocycles. The number of phenols is 1. The van der Waals surface area contributed by atoms with Crippen LogP contribution in [-0.4, -0.2) is 54.0 Å². The summed E-state index contributed by atoms with van der Waals surface area (Å²) >= 11 is 0. The lowest BCUT2D eigenvalue weighted by atomic mass is 9.69. The summed E-state index contributed by atoms with van der Waals surface area (Å²) in [4.78, 5) is 28.5. The summed E-state index contributed by atoms with van der Waals surface area (Å²) in [5.74, 6) is 0.570. The molecule has 0 radical (unpaired) electrons. The van der Waals surface area contributed by atoms with Crippen molar-refractivity contribution in [1.29, 1.82) is 0 Å². The molecule has 2 fully saturated rings. The molecule has 1 aliphatic carbocycles. The lowest BCUT2D eigenvalue weighted by Crippen LogP contribution is -2.47. The van der Waals surface area contributed by atoms with E-state index in [1.165, 1.54) is 33.5 Å². The maximum atomic E-state index is 12.1. The number of aryl methyl sites for hydroxylation is 1. The van der Waals surface area contributed by atoms with Crippen LogP contribution in [0.5, 0.6) is 5.75 Å². The molecule has 2 aliphatic heterocycles. The van der Waals surface area contributed by atoms with E-state index in [9.17, 15) is 14.7 Å². The molecule has 242 valence electrons. The highest BCUT2D eigenvalue weighted by atomic mass is 16.3. The zero-order valence-electron chi connectivity index (χ0n) is 27.1. The number of nitrogens with zero attached hydrogens (tertiary/aromatic N) is 2. The summed E-state index contributed by atoms with van der Waals surface area (Å²) in [6.45, 7) is 2.93. The molecule has 7 heteroatoms. The summed E-state index contributed by atoms with van der Waals surface area (Å²) < 4.78 is 0. The Bertz CT molecular complexity index is 1700. The van der Waals surface area contributed by atoms with Crippen molar-refractivity contribution in [2.45, 2.75) is 69.0 Å². The van der Waals surface area contributed by atoms with Gasteiger partial charge in [-0.3, -0.25) is 19.8 Å². The SMILES string of the molecule is CN(Cc1ccc(NC2CCC(=O)NC2=O)cc1)C1CCN(c2ccc(C3c4ccc(O)cc4CCC3c3ccccc3)cc2)CC1. The largest absolute Gasteiger partial charge is 0.508 e. The number of imide groups is 1. The number of carbonyl (C=O) groups excluding carboxylic acids is 2. The Morgan fingerprint density at radius 2 is 1.57 bits per heavy atom. The van der Waals surface area contributed by atoms with Gasteiger partial charge in [0.2, 0.25) is 11.8 Å². The van der Waals surface area contributed by atoms with Gasteiger partial charge in [-0.2, -0.15) is 0 Å². The summed E-state index contributed by atoms with van der Waals surface area (Å²) in [6, 6.07) is 34.5. The molecule has 2 saturated heterocycles. The monoisotopic (exact) mass is 628 g/mol. The molecule has 3 atom stereocenters. The number of aromatic hydroxyl groups is 1. The number of hydrogen-bond donors (Lipinski definition) is 3. The van der Waals surface area contributed by atoms with Crippen LogP contribution >= 0.6 is 0 Å². The number of fused-ring (bicyclic) bond motifs is 1. The second kappa shape index (κ2) is 13.6. The molecular weight excluding hydrogens is 584 g/mol. The molecule has 0 saturated carbocycles. The van der Waals surface area contributed by atoms with Crippen molar-refractivity contribution < 1.29 is 14.7 Å². The number of benzene rings is 4. The number of carbonyl (C=O) groups is 2. The van der Waals surface area contributed by atoms with Gasteiger partial charge < -0.3 is 15.3 Å². The van der Waals surface area contributed by atoms with Gasteiger partial charge in [-0.15, -0.1) is 0 Å². The highest BCUT2D eigenvalue weighted by Gasteiger charge is 2.32. The van der Waals surface area contributed by atoms with E-state index in [1.54, 1.807) is 0 Å². The fraction of sp³-hybridized carbons (Fsp3) is 0.350. The first-order chi connectivity index (χ1) is 22.9. The summed E-state index contributed by atoms with van der Waals surface area (Å²) in [5.41, 5.74) is 8.73. The third-order valence-corrected chi connectivity index (χ3v) is 10.5. The first-order valence-corrected chi connectivity index (χ1v) is 17.0. The Balaban J connectivity index is 0.962. The van der Waals surface area contributed by atoms with Crippen molar-refractivity contribution in [3.05, 3.63) is 125 Å². The van der Waals surface area contributed by atoms with E-state index in [1.807, 2.05) is 24.3 Å². The summed E-state index contributed by atoms with van der Waals surface area (Å²) in [5, 5.41) is 15.8.